The van der Waals surface area contributed by atoms with Crippen LogP contribution in [0.25, 0.3) is 11.1 Å². The SMILES string of the molecule is Cc1ccc(F)c(-c2ccc(C(C)NC(=O)C3CCCN3C(=O)CC(C)(C)C)cc2)c1F. The maximum Gasteiger partial charge on any atom is 0.243 e. The molecule has 2 aromatic carbocycles. The van der Waals surface area contributed by atoms with Crippen molar-refractivity contribution in [3.63, 3.8) is 0 Å². The van der Waals surface area contributed by atoms with Crippen molar-refractivity contribution >= 4 is 11.8 Å². The van der Waals surface area contributed by atoms with Gasteiger partial charge in [-0.2, -0.15) is 0 Å². The van der Waals surface area contributed by atoms with E-state index in [1.165, 1.54) is 12.1 Å². The second-order valence-corrected chi connectivity index (χ2v) is 9.89. The number of carbonyl (C=O) groups excluding carboxylic acids is 2. The minimum absolute atomic E-state index is 0.00867. The van der Waals surface area contributed by atoms with Gasteiger partial charge in [0, 0.05) is 13.0 Å². The number of amides is 2. The van der Waals surface area contributed by atoms with Crippen LogP contribution < -0.4 is 5.32 Å². The van der Waals surface area contributed by atoms with Crippen LogP contribution in [0.2, 0.25) is 0 Å². The van der Waals surface area contributed by atoms with Crippen molar-refractivity contribution in [2.24, 2.45) is 5.41 Å². The second kappa shape index (κ2) is 9.39. The summed E-state index contributed by atoms with van der Waals surface area (Å²) in [6, 6.07) is 8.77. The van der Waals surface area contributed by atoms with E-state index >= 15 is 0 Å². The number of likely N-dealkylation sites (tertiary alicyclic amines) is 1. The third kappa shape index (κ3) is 5.34. The highest BCUT2D eigenvalue weighted by Gasteiger charge is 2.35. The molecule has 32 heavy (non-hydrogen) atoms. The van der Waals surface area contributed by atoms with Crippen molar-refractivity contribution in [3.8, 4) is 11.1 Å². The van der Waals surface area contributed by atoms with Gasteiger partial charge in [-0.15, -0.1) is 0 Å². The number of hydrogen-bond donors (Lipinski definition) is 1. The van der Waals surface area contributed by atoms with Gasteiger partial charge in [-0.3, -0.25) is 9.59 Å². The van der Waals surface area contributed by atoms with Crippen LogP contribution in [0.5, 0.6) is 0 Å². The summed E-state index contributed by atoms with van der Waals surface area (Å²) < 4.78 is 28.6. The highest BCUT2D eigenvalue weighted by Crippen LogP contribution is 2.29. The van der Waals surface area contributed by atoms with Crippen molar-refractivity contribution in [3.05, 3.63) is 59.2 Å². The molecule has 172 valence electrons. The van der Waals surface area contributed by atoms with Gasteiger partial charge in [0.1, 0.15) is 17.7 Å². The van der Waals surface area contributed by atoms with Gasteiger partial charge in [0.15, 0.2) is 0 Å². The van der Waals surface area contributed by atoms with E-state index in [1.807, 2.05) is 27.7 Å². The molecular formula is C26H32F2N2O2. The average Bonchev–Trinajstić information content (AvgIpc) is 3.20. The van der Waals surface area contributed by atoms with E-state index in [2.05, 4.69) is 5.32 Å². The lowest BCUT2D eigenvalue weighted by Gasteiger charge is -2.28. The number of hydrogen-bond acceptors (Lipinski definition) is 2. The van der Waals surface area contributed by atoms with E-state index in [1.54, 1.807) is 36.1 Å². The van der Waals surface area contributed by atoms with Gasteiger partial charge in [0.25, 0.3) is 0 Å². The summed E-state index contributed by atoms with van der Waals surface area (Å²) in [6.45, 7) is 10.1. The lowest BCUT2D eigenvalue weighted by atomic mass is 9.91. The molecule has 1 heterocycles. The van der Waals surface area contributed by atoms with Crippen LogP contribution in [-0.4, -0.2) is 29.3 Å². The van der Waals surface area contributed by atoms with Crippen molar-refractivity contribution in [2.75, 3.05) is 6.54 Å². The Bertz CT molecular complexity index is 996. The molecule has 1 aliphatic rings. The zero-order chi connectivity index (χ0) is 23.6. The van der Waals surface area contributed by atoms with Gasteiger partial charge in [-0.25, -0.2) is 8.78 Å². The normalized spacial score (nSPS) is 17.3. The number of nitrogens with zero attached hydrogens (tertiary/aromatic N) is 1. The first-order chi connectivity index (χ1) is 15.0. The van der Waals surface area contributed by atoms with Crippen LogP contribution >= 0.6 is 0 Å². The Morgan fingerprint density at radius 3 is 2.41 bits per heavy atom. The molecule has 2 unspecified atom stereocenters. The van der Waals surface area contributed by atoms with E-state index in [0.717, 1.165) is 12.0 Å². The summed E-state index contributed by atoms with van der Waals surface area (Å²) >= 11 is 0. The molecule has 0 aromatic heterocycles. The molecule has 0 radical (unpaired) electrons. The molecule has 0 spiro atoms. The molecule has 2 amide bonds. The Morgan fingerprint density at radius 2 is 1.78 bits per heavy atom. The molecule has 0 aliphatic carbocycles. The van der Waals surface area contributed by atoms with Crippen molar-refractivity contribution in [2.45, 2.75) is 66.0 Å². The molecule has 2 aromatic rings. The Labute approximate surface area is 189 Å². The minimum Gasteiger partial charge on any atom is -0.348 e. The number of nitrogens with one attached hydrogen (secondary N) is 1. The maximum atomic E-state index is 14.4. The summed E-state index contributed by atoms with van der Waals surface area (Å²) in [7, 11) is 0. The van der Waals surface area contributed by atoms with Crippen LogP contribution in [0.3, 0.4) is 0 Å². The van der Waals surface area contributed by atoms with E-state index < -0.39 is 17.7 Å². The Hall–Kier alpha value is -2.76. The summed E-state index contributed by atoms with van der Waals surface area (Å²) in [5.41, 5.74) is 1.47. The standard InChI is InChI=1S/C26H32F2N2O2/c1-16-8-13-20(27)23(24(16)28)19-11-9-18(10-12-19)17(2)29-25(32)21-7-6-14-30(21)22(31)15-26(3,4)5/h8-13,17,21H,6-7,14-15H2,1-5H3,(H,29,32). The quantitative estimate of drug-likeness (QED) is 0.661. The molecule has 1 fully saturated rings. The Morgan fingerprint density at radius 1 is 1.12 bits per heavy atom. The monoisotopic (exact) mass is 442 g/mol. The van der Waals surface area contributed by atoms with Crippen LogP contribution in [-0.2, 0) is 9.59 Å². The van der Waals surface area contributed by atoms with Crippen LogP contribution in [0.4, 0.5) is 8.78 Å². The fourth-order valence-corrected chi connectivity index (χ4v) is 4.15. The summed E-state index contributed by atoms with van der Waals surface area (Å²) in [6.07, 6.45) is 1.86. The van der Waals surface area contributed by atoms with Crippen LogP contribution in [0, 0.1) is 24.0 Å². The van der Waals surface area contributed by atoms with E-state index in [-0.39, 0.29) is 28.8 Å². The van der Waals surface area contributed by atoms with E-state index in [4.69, 9.17) is 0 Å². The van der Waals surface area contributed by atoms with Crippen molar-refractivity contribution in [1.29, 1.82) is 0 Å². The van der Waals surface area contributed by atoms with Gasteiger partial charge in [0.05, 0.1) is 11.6 Å². The molecule has 2 atom stereocenters. The third-order valence-corrected chi connectivity index (χ3v) is 5.90. The van der Waals surface area contributed by atoms with E-state index in [9.17, 15) is 18.4 Å². The number of aryl methyl sites for hydroxylation is 1. The second-order valence-electron chi connectivity index (χ2n) is 9.89. The summed E-state index contributed by atoms with van der Waals surface area (Å²) in [4.78, 5) is 27.3. The van der Waals surface area contributed by atoms with Gasteiger partial charge in [-0.1, -0.05) is 51.1 Å². The fraction of sp³-hybridized carbons (Fsp3) is 0.462. The summed E-state index contributed by atoms with van der Waals surface area (Å²) in [5.74, 6) is -1.34. The van der Waals surface area contributed by atoms with Gasteiger partial charge in [-0.05, 0) is 54.9 Å². The largest absolute Gasteiger partial charge is 0.348 e. The highest BCUT2D eigenvalue weighted by atomic mass is 19.1. The third-order valence-electron chi connectivity index (χ3n) is 5.90. The van der Waals surface area contributed by atoms with Crippen LogP contribution in [0.1, 0.15) is 64.1 Å². The summed E-state index contributed by atoms with van der Waals surface area (Å²) in [5, 5.41) is 3.00. The molecule has 1 aliphatic heterocycles. The lowest BCUT2D eigenvalue weighted by Crippen LogP contribution is -2.47. The van der Waals surface area contributed by atoms with Gasteiger partial charge in [0.2, 0.25) is 11.8 Å². The van der Waals surface area contributed by atoms with Gasteiger partial charge >= 0.3 is 0 Å². The molecule has 0 bridgehead atoms. The zero-order valence-electron chi connectivity index (χ0n) is 19.5. The van der Waals surface area contributed by atoms with Crippen LogP contribution in [0.15, 0.2) is 36.4 Å². The minimum atomic E-state index is -0.608. The number of carbonyl (C=O) groups is 2. The predicted molar refractivity (Wildman–Crippen MR) is 122 cm³/mol. The molecule has 4 nitrogen and oxygen atoms in total. The first kappa shape index (κ1) is 23.9. The zero-order valence-corrected chi connectivity index (χ0v) is 19.5. The van der Waals surface area contributed by atoms with E-state index in [0.29, 0.717) is 30.5 Å². The topological polar surface area (TPSA) is 49.4 Å². The first-order valence-electron chi connectivity index (χ1n) is 11.1. The lowest BCUT2D eigenvalue weighted by molar-refractivity contribution is -0.140. The fourth-order valence-electron chi connectivity index (χ4n) is 4.15. The first-order valence-corrected chi connectivity index (χ1v) is 11.1. The highest BCUT2D eigenvalue weighted by molar-refractivity contribution is 5.88. The number of benzene rings is 2. The number of halogens is 2. The molecule has 0 saturated carbocycles. The van der Waals surface area contributed by atoms with Gasteiger partial charge < -0.3 is 10.2 Å². The number of rotatable bonds is 5. The van der Waals surface area contributed by atoms with Crippen molar-refractivity contribution < 1.29 is 18.4 Å². The maximum absolute atomic E-state index is 14.4. The molecule has 1 N–H and O–H groups in total. The molecule has 3 rings (SSSR count). The Kier molecular flexibility index (Phi) is 7.01. The molecule has 1 saturated heterocycles. The Balaban J connectivity index is 1.69. The predicted octanol–water partition coefficient (Wildman–Crippen LogP) is 5.54. The molecular weight excluding hydrogens is 410 g/mol. The van der Waals surface area contributed by atoms with Crippen molar-refractivity contribution in [1.82, 2.24) is 10.2 Å². The average molecular weight is 443 g/mol. The smallest absolute Gasteiger partial charge is 0.243 e. The molecule has 6 heteroatoms.